The Morgan fingerprint density at radius 3 is 0.721 bits per heavy atom. The number of rotatable bonds is 65. The maximum absolute atomic E-state index is 12.1. The Hall–Kier alpha value is -2.52. The standard InChI is InChI=1S/C65H120O7.2C6H15N/c1-4-7-10-13-16-19-22-25-28-31-34-37-40-43-46-49-52-70-61-56-59(55-60(65(68)69)58-63(66)67)57-62(71-53-50-47-44-41-38-35-32-29-26-23-20-17-14-11-8-5-2)64(61)72-54-51-48-45-42-39-36-33-30-27-24-21-18-15-12-9-6-3;2*1-4-7(5-2)6-3/h56-57,60H,4-55,58H2,1-3H3,(H,66,67)(H,68,69);2*4-6H2,1-3H3. The molecule has 1 rings (SSSR count). The summed E-state index contributed by atoms with van der Waals surface area (Å²) in [6.45, 7) is 29.4. The lowest BCUT2D eigenvalue weighted by molar-refractivity contribution is -0.894. The summed E-state index contributed by atoms with van der Waals surface area (Å²) < 4.78 is 19.5. The molecule has 1 atom stereocenters. The maximum atomic E-state index is 12.1. The van der Waals surface area contributed by atoms with Gasteiger partial charge in [0.15, 0.2) is 11.5 Å². The minimum absolute atomic E-state index is 0.0134. The first-order valence-electron chi connectivity index (χ1n) is 38.2. The number of carboxylic acid groups (broad SMARTS) is 2. The predicted octanol–water partition coefficient (Wildman–Crippen LogP) is 18.5. The average molecular weight is 1220 g/mol. The van der Waals surface area contributed by atoms with E-state index in [4.69, 9.17) is 14.2 Å². The highest BCUT2D eigenvalue weighted by molar-refractivity contribution is 5.76. The second-order valence-corrected chi connectivity index (χ2v) is 25.8. The molecule has 9 nitrogen and oxygen atoms in total. The first-order valence-corrected chi connectivity index (χ1v) is 38.2. The lowest BCUT2D eigenvalue weighted by atomic mass is 9.96. The van der Waals surface area contributed by atoms with Crippen LogP contribution in [-0.2, 0) is 16.0 Å². The molecule has 0 aliphatic carbocycles. The maximum Gasteiger partial charge on any atom is 0.203 e. The van der Waals surface area contributed by atoms with Crippen LogP contribution in [0.3, 0.4) is 0 Å². The number of carboxylic acids is 2. The van der Waals surface area contributed by atoms with E-state index in [0.29, 0.717) is 42.6 Å². The summed E-state index contributed by atoms with van der Waals surface area (Å²) in [5.41, 5.74) is 0.643. The number of benzene rings is 1. The van der Waals surface area contributed by atoms with E-state index in [-0.39, 0.29) is 6.42 Å². The minimum atomic E-state index is -1.40. The Kier molecular flexibility index (Phi) is 69.6. The highest BCUT2D eigenvalue weighted by atomic mass is 16.5. The molecule has 1 aromatic rings. The van der Waals surface area contributed by atoms with Gasteiger partial charge in [-0.15, -0.1) is 0 Å². The number of quaternary nitrogens is 2. The molecular weight excluding hydrogens is 1060 g/mol. The van der Waals surface area contributed by atoms with Gasteiger partial charge in [0.05, 0.1) is 59.1 Å². The fourth-order valence-corrected chi connectivity index (χ4v) is 11.8. The van der Waals surface area contributed by atoms with Crippen molar-refractivity contribution in [3.8, 4) is 17.2 Å². The molecule has 0 saturated heterocycles. The molecule has 0 aliphatic rings. The second-order valence-electron chi connectivity index (χ2n) is 25.8. The normalized spacial score (nSPS) is 11.6. The van der Waals surface area contributed by atoms with Crippen LogP contribution in [0.1, 0.15) is 382 Å². The topological polar surface area (TPSA) is 117 Å². The van der Waals surface area contributed by atoms with Crippen molar-refractivity contribution in [1.82, 2.24) is 0 Å². The van der Waals surface area contributed by atoms with Gasteiger partial charge in [-0.25, -0.2) is 0 Å². The van der Waals surface area contributed by atoms with Crippen molar-refractivity contribution in [2.75, 3.05) is 59.1 Å². The van der Waals surface area contributed by atoms with Gasteiger partial charge in [-0.05, 0) is 91.3 Å². The zero-order chi connectivity index (χ0) is 63.5. The molecule has 0 aromatic heterocycles. The van der Waals surface area contributed by atoms with E-state index in [1.165, 1.54) is 309 Å². The molecule has 0 heterocycles. The summed E-state index contributed by atoms with van der Waals surface area (Å²) in [4.78, 5) is 26.9. The minimum Gasteiger partial charge on any atom is -0.550 e. The molecule has 0 fully saturated rings. The summed E-state index contributed by atoms with van der Waals surface area (Å²) >= 11 is 0. The third-order valence-corrected chi connectivity index (χ3v) is 18.1. The second kappa shape index (κ2) is 69.9. The number of ether oxygens (including phenoxy) is 3. The van der Waals surface area contributed by atoms with Crippen LogP contribution in [0.2, 0.25) is 0 Å². The van der Waals surface area contributed by atoms with E-state index < -0.39 is 24.3 Å². The van der Waals surface area contributed by atoms with Crippen LogP contribution in [0.5, 0.6) is 17.2 Å². The monoisotopic (exact) mass is 1220 g/mol. The van der Waals surface area contributed by atoms with Gasteiger partial charge < -0.3 is 43.8 Å². The number of hydrogen-bond donors (Lipinski definition) is 2. The Morgan fingerprint density at radius 1 is 0.326 bits per heavy atom. The van der Waals surface area contributed by atoms with Gasteiger partial charge in [0, 0.05) is 17.9 Å². The van der Waals surface area contributed by atoms with E-state index in [1.54, 1.807) is 9.80 Å². The van der Waals surface area contributed by atoms with Crippen molar-refractivity contribution in [2.24, 2.45) is 5.92 Å². The van der Waals surface area contributed by atoms with Gasteiger partial charge in [0.1, 0.15) is 0 Å². The van der Waals surface area contributed by atoms with Crippen LogP contribution in [0, 0.1) is 5.92 Å². The van der Waals surface area contributed by atoms with E-state index >= 15 is 0 Å². The average Bonchev–Trinajstić information content (AvgIpc) is 2.09. The lowest BCUT2D eigenvalue weighted by Gasteiger charge is -2.22. The van der Waals surface area contributed by atoms with E-state index in [9.17, 15) is 19.8 Å². The quantitative estimate of drug-likeness (QED) is 0.0624. The fraction of sp³-hybridized carbons (Fsp3) is 0.896. The number of nitrogens with one attached hydrogen (secondary N) is 2. The highest BCUT2D eigenvalue weighted by Crippen LogP contribution is 2.40. The van der Waals surface area contributed by atoms with Gasteiger partial charge in [-0.2, -0.15) is 0 Å². The summed E-state index contributed by atoms with van der Waals surface area (Å²) in [6.07, 6.45) is 62.2. The van der Waals surface area contributed by atoms with Gasteiger partial charge in [0.2, 0.25) is 5.75 Å². The molecule has 86 heavy (non-hydrogen) atoms. The molecule has 0 radical (unpaired) electrons. The third-order valence-electron chi connectivity index (χ3n) is 18.1. The van der Waals surface area contributed by atoms with E-state index in [0.717, 1.165) is 38.5 Å². The van der Waals surface area contributed by atoms with Crippen molar-refractivity contribution >= 4 is 11.9 Å². The van der Waals surface area contributed by atoms with Crippen LogP contribution in [0.4, 0.5) is 0 Å². The zero-order valence-electron chi connectivity index (χ0n) is 59.3. The molecule has 0 amide bonds. The van der Waals surface area contributed by atoms with Crippen LogP contribution in [0.15, 0.2) is 12.1 Å². The number of aliphatic carboxylic acids is 2. The molecule has 1 unspecified atom stereocenters. The molecule has 1 aromatic carbocycles. The highest BCUT2D eigenvalue weighted by Gasteiger charge is 2.20. The number of hydrogen-bond acceptors (Lipinski definition) is 7. The number of carbonyl (C=O) groups is 2. The third kappa shape index (κ3) is 59.1. The smallest absolute Gasteiger partial charge is 0.203 e. The molecule has 2 N–H and O–H groups in total. The summed E-state index contributed by atoms with van der Waals surface area (Å²) in [7, 11) is 0. The Morgan fingerprint density at radius 2 is 0.535 bits per heavy atom. The summed E-state index contributed by atoms with van der Waals surface area (Å²) in [6, 6.07) is 3.67. The van der Waals surface area contributed by atoms with Gasteiger partial charge >= 0.3 is 0 Å². The molecule has 510 valence electrons. The predicted molar refractivity (Wildman–Crippen MR) is 369 cm³/mol. The van der Waals surface area contributed by atoms with Crippen molar-refractivity contribution in [2.45, 2.75) is 383 Å². The van der Waals surface area contributed by atoms with Crippen molar-refractivity contribution in [3.63, 3.8) is 0 Å². The van der Waals surface area contributed by atoms with Gasteiger partial charge in [-0.1, -0.05) is 310 Å². The van der Waals surface area contributed by atoms with Crippen LogP contribution >= 0.6 is 0 Å². The Balaban J connectivity index is 0. The van der Waals surface area contributed by atoms with Crippen molar-refractivity contribution in [3.05, 3.63) is 17.7 Å². The SMILES string of the molecule is CCCCCCCCCCCCCCCCCCOc1cc(CC(CC(=O)[O-])C(=O)[O-])cc(OCCCCCCCCCCCCCCCCCC)c1OCCCCCCCCCCCCCCCCCC.CC[NH+](CC)CC.CC[NH+](CC)CC. The van der Waals surface area contributed by atoms with Gasteiger partial charge in [-0.3, -0.25) is 0 Å². The first kappa shape index (κ1) is 85.5. The molecular formula is C77H150N2O7. The van der Waals surface area contributed by atoms with Crippen LogP contribution < -0.4 is 34.2 Å². The Labute approximate surface area is 536 Å². The zero-order valence-corrected chi connectivity index (χ0v) is 59.3. The van der Waals surface area contributed by atoms with E-state index in [2.05, 4.69) is 62.3 Å². The van der Waals surface area contributed by atoms with Crippen LogP contribution in [-0.4, -0.2) is 71.0 Å². The molecule has 9 heteroatoms. The summed E-state index contributed by atoms with van der Waals surface area (Å²) in [5, 5.41) is 23.6. The number of carbonyl (C=O) groups excluding carboxylic acids is 2. The first-order chi connectivity index (χ1) is 42.1. The largest absolute Gasteiger partial charge is 0.550 e. The van der Waals surface area contributed by atoms with Crippen molar-refractivity contribution < 1.29 is 43.8 Å². The lowest BCUT2D eigenvalue weighted by Crippen LogP contribution is -3.11. The molecule has 0 saturated carbocycles. The number of unbranched alkanes of at least 4 members (excludes halogenated alkanes) is 45. The fourth-order valence-electron chi connectivity index (χ4n) is 11.8. The van der Waals surface area contributed by atoms with Crippen LogP contribution in [0.25, 0.3) is 0 Å². The van der Waals surface area contributed by atoms with Crippen molar-refractivity contribution in [1.29, 1.82) is 0 Å². The summed E-state index contributed by atoms with van der Waals surface area (Å²) in [5.74, 6) is -2.32. The molecule has 0 spiro atoms. The Bertz CT molecular complexity index is 1430. The van der Waals surface area contributed by atoms with Gasteiger partial charge in [0.25, 0.3) is 0 Å². The molecule has 0 aliphatic heterocycles. The molecule has 0 bridgehead atoms. The van der Waals surface area contributed by atoms with E-state index in [1.807, 2.05) is 12.1 Å².